The standard InChI is InChI=1S/C18H27N3O3S/c1-14-5-7-17(8-6-14)25(23,24)20-10-3-4-16(13-20)18(22)21-11-9-19-12-15(21)2/h5-8,15-16,19H,3-4,9-13H2,1-2H3/t15-,16?/m1/s1. The van der Waals surface area contributed by atoms with Crippen molar-refractivity contribution in [1.29, 1.82) is 0 Å². The van der Waals surface area contributed by atoms with Crippen molar-refractivity contribution in [2.24, 2.45) is 5.92 Å². The van der Waals surface area contributed by atoms with Crippen molar-refractivity contribution in [1.82, 2.24) is 14.5 Å². The van der Waals surface area contributed by atoms with Crippen molar-refractivity contribution in [2.45, 2.75) is 37.6 Å². The molecule has 0 bridgehead atoms. The maximum absolute atomic E-state index is 12.9. The van der Waals surface area contributed by atoms with Crippen molar-refractivity contribution < 1.29 is 13.2 Å². The summed E-state index contributed by atoms with van der Waals surface area (Å²) >= 11 is 0. The number of piperidine rings is 1. The molecular weight excluding hydrogens is 338 g/mol. The van der Waals surface area contributed by atoms with E-state index in [1.165, 1.54) is 4.31 Å². The van der Waals surface area contributed by atoms with Crippen LogP contribution in [0, 0.1) is 12.8 Å². The molecule has 0 saturated carbocycles. The van der Waals surface area contributed by atoms with Crippen LogP contribution >= 0.6 is 0 Å². The quantitative estimate of drug-likeness (QED) is 0.874. The Hall–Kier alpha value is -1.44. The molecule has 2 saturated heterocycles. The van der Waals surface area contributed by atoms with Crippen LogP contribution in [-0.2, 0) is 14.8 Å². The molecule has 25 heavy (non-hydrogen) atoms. The van der Waals surface area contributed by atoms with E-state index in [2.05, 4.69) is 5.32 Å². The van der Waals surface area contributed by atoms with E-state index < -0.39 is 10.0 Å². The first-order valence-corrected chi connectivity index (χ1v) is 10.4. The van der Waals surface area contributed by atoms with Crippen LogP contribution in [0.3, 0.4) is 0 Å². The molecule has 2 fully saturated rings. The maximum atomic E-state index is 12.9. The van der Waals surface area contributed by atoms with Crippen LogP contribution in [0.4, 0.5) is 0 Å². The second-order valence-electron chi connectivity index (χ2n) is 7.10. The average molecular weight is 365 g/mol. The van der Waals surface area contributed by atoms with E-state index in [4.69, 9.17) is 0 Å². The number of benzene rings is 1. The van der Waals surface area contributed by atoms with Crippen LogP contribution in [0.25, 0.3) is 0 Å². The number of rotatable bonds is 3. The van der Waals surface area contributed by atoms with Crippen molar-refractivity contribution in [3.8, 4) is 0 Å². The minimum Gasteiger partial charge on any atom is -0.337 e. The highest BCUT2D eigenvalue weighted by Crippen LogP contribution is 2.26. The molecule has 3 rings (SSSR count). The highest BCUT2D eigenvalue weighted by molar-refractivity contribution is 7.89. The molecule has 138 valence electrons. The van der Waals surface area contributed by atoms with Gasteiger partial charge in [0.2, 0.25) is 15.9 Å². The molecule has 2 aliphatic rings. The molecule has 2 atom stereocenters. The monoisotopic (exact) mass is 365 g/mol. The Kier molecular flexibility index (Phi) is 5.46. The first-order valence-electron chi connectivity index (χ1n) is 8.97. The molecular formula is C18H27N3O3S. The lowest BCUT2D eigenvalue weighted by Gasteiger charge is -2.39. The Labute approximate surface area is 150 Å². The summed E-state index contributed by atoms with van der Waals surface area (Å²) in [4.78, 5) is 15.1. The van der Waals surface area contributed by atoms with Crippen LogP contribution < -0.4 is 5.32 Å². The molecule has 0 aliphatic carbocycles. The minimum absolute atomic E-state index is 0.0952. The van der Waals surface area contributed by atoms with Crippen LogP contribution in [-0.4, -0.2) is 62.3 Å². The summed E-state index contributed by atoms with van der Waals surface area (Å²) in [5.74, 6) is -0.146. The molecule has 0 radical (unpaired) electrons. The lowest BCUT2D eigenvalue weighted by atomic mass is 9.97. The van der Waals surface area contributed by atoms with Crippen LogP contribution in [0.1, 0.15) is 25.3 Å². The third kappa shape index (κ3) is 3.88. The molecule has 1 unspecified atom stereocenters. The molecule has 1 aromatic rings. The van der Waals surface area contributed by atoms with Crippen molar-refractivity contribution in [3.63, 3.8) is 0 Å². The van der Waals surface area contributed by atoms with E-state index in [9.17, 15) is 13.2 Å². The molecule has 1 amide bonds. The van der Waals surface area contributed by atoms with Gasteiger partial charge in [-0.25, -0.2) is 8.42 Å². The van der Waals surface area contributed by atoms with Gasteiger partial charge in [-0.1, -0.05) is 17.7 Å². The predicted molar refractivity (Wildman–Crippen MR) is 96.7 cm³/mol. The molecule has 2 heterocycles. The highest BCUT2D eigenvalue weighted by atomic mass is 32.2. The zero-order valence-corrected chi connectivity index (χ0v) is 15.8. The summed E-state index contributed by atoms with van der Waals surface area (Å²) < 4.78 is 27.3. The van der Waals surface area contributed by atoms with Gasteiger partial charge in [0.25, 0.3) is 0 Å². The van der Waals surface area contributed by atoms with E-state index in [1.54, 1.807) is 12.1 Å². The van der Waals surface area contributed by atoms with Crippen LogP contribution in [0.15, 0.2) is 29.2 Å². The summed E-state index contributed by atoms with van der Waals surface area (Å²) in [7, 11) is -3.54. The van der Waals surface area contributed by atoms with Gasteiger partial charge in [-0.05, 0) is 38.8 Å². The third-order valence-electron chi connectivity index (χ3n) is 5.18. The molecule has 1 aromatic carbocycles. The molecule has 1 N–H and O–H groups in total. The molecule has 6 nitrogen and oxygen atoms in total. The van der Waals surface area contributed by atoms with Crippen LogP contribution in [0.2, 0.25) is 0 Å². The topological polar surface area (TPSA) is 69.7 Å². The molecule has 2 aliphatic heterocycles. The van der Waals surface area contributed by atoms with Gasteiger partial charge in [-0.2, -0.15) is 4.31 Å². The van der Waals surface area contributed by atoms with Gasteiger partial charge in [-0.15, -0.1) is 0 Å². The lowest BCUT2D eigenvalue weighted by molar-refractivity contribution is -0.139. The fourth-order valence-electron chi connectivity index (χ4n) is 3.62. The van der Waals surface area contributed by atoms with Gasteiger partial charge in [0, 0.05) is 38.8 Å². The average Bonchev–Trinajstić information content (AvgIpc) is 2.62. The number of hydrogen-bond acceptors (Lipinski definition) is 4. The largest absolute Gasteiger partial charge is 0.337 e. The number of carbonyl (C=O) groups is 1. The first-order chi connectivity index (χ1) is 11.9. The third-order valence-corrected chi connectivity index (χ3v) is 7.06. The second-order valence-corrected chi connectivity index (χ2v) is 9.04. The van der Waals surface area contributed by atoms with E-state index >= 15 is 0 Å². The normalized spacial score (nSPS) is 25.8. The Morgan fingerprint density at radius 3 is 2.60 bits per heavy atom. The number of hydrogen-bond donors (Lipinski definition) is 1. The summed E-state index contributed by atoms with van der Waals surface area (Å²) in [5, 5.41) is 3.28. The zero-order chi connectivity index (χ0) is 18.0. The zero-order valence-electron chi connectivity index (χ0n) is 14.9. The second kappa shape index (κ2) is 7.43. The Morgan fingerprint density at radius 1 is 1.20 bits per heavy atom. The van der Waals surface area contributed by atoms with E-state index in [0.29, 0.717) is 18.0 Å². The number of amides is 1. The van der Waals surface area contributed by atoms with E-state index in [0.717, 1.165) is 31.5 Å². The number of aryl methyl sites for hydroxylation is 1. The Morgan fingerprint density at radius 2 is 1.92 bits per heavy atom. The van der Waals surface area contributed by atoms with Crippen LogP contribution in [0.5, 0.6) is 0 Å². The lowest BCUT2D eigenvalue weighted by Crippen LogP contribution is -2.55. The SMILES string of the molecule is Cc1ccc(S(=O)(=O)N2CCCC(C(=O)N3CCNC[C@H]3C)C2)cc1. The minimum atomic E-state index is -3.54. The van der Waals surface area contributed by atoms with Crippen molar-refractivity contribution >= 4 is 15.9 Å². The first kappa shape index (κ1) is 18.4. The van der Waals surface area contributed by atoms with Crippen molar-refractivity contribution in [2.75, 3.05) is 32.7 Å². The number of sulfonamides is 1. The van der Waals surface area contributed by atoms with Gasteiger partial charge < -0.3 is 10.2 Å². The smallest absolute Gasteiger partial charge is 0.243 e. The highest BCUT2D eigenvalue weighted by Gasteiger charge is 2.36. The predicted octanol–water partition coefficient (Wildman–Crippen LogP) is 1.22. The Bertz CT molecular complexity index is 718. The Balaban J connectivity index is 1.74. The fourth-order valence-corrected chi connectivity index (χ4v) is 5.15. The summed E-state index contributed by atoms with van der Waals surface area (Å²) in [6, 6.07) is 7.07. The number of nitrogens with zero attached hydrogens (tertiary/aromatic N) is 2. The van der Waals surface area contributed by atoms with Gasteiger partial charge >= 0.3 is 0 Å². The molecule has 0 spiro atoms. The summed E-state index contributed by atoms with van der Waals surface area (Å²) in [6.45, 7) is 7.02. The van der Waals surface area contributed by atoms with Gasteiger partial charge in [0.15, 0.2) is 0 Å². The number of carbonyl (C=O) groups excluding carboxylic acids is 1. The van der Waals surface area contributed by atoms with E-state index in [-0.39, 0.29) is 24.4 Å². The van der Waals surface area contributed by atoms with Gasteiger partial charge in [0.05, 0.1) is 10.8 Å². The van der Waals surface area contributed by atoms with Crippen molar-refractivity contribution in [3.05, 3.63) is 29.8 Å². The summed E-state index contributed by atoms with van der Waals surface area (Å²) in [6.07, 6.45) is 1.48. The number of piperazine rings is 1. The fraction of sp³-hybridized carbons (Fsp3) is 0.611. The van der Waals surface area contributed by atoms with Gasteiger partial charge in [-0.3, -0.25) is 4.79 Å². The van der Waals surface area contributed by atoms with Gasteiger partial charge in [0.1, 0.15) is 0 Å². The number of nitrogens with one attached hydrogen (secondary N) is 1. The maximum Gasteiger partial charge on any atom is 0.243 e. The molecule has 7 heteroatoms. The van der Waals surface area contributed by atoms with E-state index in [1.807, 2.05) is 30.9 Å². The molecule has 0 aromatic heterocycles. The summed E-state index contributed by atoms with van der Waals surface area (Å²) in [5.41, 5.74) is 1.03.